The average molecular weight is 241 g/mol. The highest BCUT2D eigenvalue weighted by atomic mass is 19.4. The number of halogens is 3. The highest BCUT2D eigenvalue weighted by molar-refractivity contribution is 4.75. The fraction of sp³-hybridized carbons (Fsp3) is 1.00. The Balaban J connectivity index is 2.02. The van der Waals surface area contributed by atoms with E-state index in [1.165, 1.54) is 0 Å². The molecule has 0 radical (unpaired) electrons. The van der Waals surface area contributed by atoms with Gasteiger partial charge in [0.1, 0.15) is 13.4 Å². The van der Waals surface area contributed by atoms with Crippen molar-refractivity contribution in [1.29, 1.82) is 0 Å². The number of alkyl halides is 3. The second-order valence-corrected chi connectivity index (χ2v) is 4.01. The molecular formula is C10H18F3NO2. The van der Waals surface area contributed by atoms with Gasteiger partial charge in [0.05, 0.1) is 6.10 Å². The van der Waals surface area contributed by atoms with E-state index in [4.69, 9.17) is 4.74 Å². The normalized spacial score (nSPS) is 27.0. The molecule has 6 heteroatoms. The molecule has 0 heterocycles. The summed E-state index contributed by atoms with van der Waals surface area (Å²) in [5.74, 6) is 0. The molecule has 0 atom stereocenters. The van der Waals surface area contributed by atoms with Crippen molar-refractivity contribution in [3.63, 3.8) is 0 Å². The molecule has 1 saturated carbocycles. The van der Waals surface area contributed by atoms with Gasteiger partial charge in [0.15, 0.2) is 0 Å². The van der Waals surface area contributed by atoms with Gasteiger partial charge in [-0.25, -0.2) is 0 Å². The van der Waals surface area contributed by atoms with Crippen molar-refractivity contribution in [3.05, 3.63) is 0 Å². The number of nitrogens with one attached hydrogen (secondary N) is 1. The molecule has 0 spiro atoms. The molecule has 0 aromatic carbocycles. The van der Waals surface area contributed by atoms with Gasteiger partial charge in [-0.2, -0.15) is 13.2 Å². The fourth-order valence-corrected chi connectivity index (χ4v) is 1.82. The van der Waals surface area contributed by atoms with Gasteiger partial charge in [-0.1, -0.05) is 0 Å². The maximum absolute atomic E-state index is 11.7. The van der Waals surface area contributed by atoms with Crippen LogP contribution in [0.2, 0.25) is 0 Å². The lowest BCUT2D eigenvalue weighted by molar-refractivity contribution is -0.204. The first-order valence-corrected chi connectivity index (χ1v) is 5.44. The first-order chi connectivity index (χ1) is 7.51. The van der Waals surface area contributed by atoms with Gasteiger partial charge < -0.3 is 14.8 Å². The highest BCUT2D eigenvalue weighted by Gasteiger charge is 2.27. The Bertz CT molecular complexity index is 191. The third-order valence-electron chi connectivity index (χ3n) is 2.74. The Labute approximate surface area is 93.3 Å². The Morgan fingerprint density at radius 2 is 1.81 bits per heavy atom. The quantitative estimate of drug-likeness (QED) is 0.590. The summed E-state index contributed by atoms with van der Waals surface area (Å²) in [6.45, 7) is -1.51. The fourth-order valence-electron chi connectivity index (χ4n) is 1.82. The lowest BCUT2D eigenvalue weighted by atomic mass is 9.93. The van der Waals surface area contributed by atoms with Crippen molar-refractivity contribution in [3.8, 4) is 0 Å². The summed E-state index contributed by atoms with van der Waals surface area (Å²) in [5, 5.41) is 3.18. The molecule has 96 valence electrons. The van der Waals surface area contributed by atoms with E-state index in [-0.39, 0.29) is 12.9 Å². The van der Waals surface area contributed by atoms with Crippen molar-refractivity contribution in [2.75, 3.05) is 20.4 Å². The Kier molecular flexibility index (Phi) is 5.51. The molecule has 0 amide bonds. The van der Waals surface area contributed by atoms with E-state index in [2.05, 4.69) is 10.1 Å². The SMILES string of the molecule is CNC1CCC(OCOCC(F)(F)F)CC1. The van der Waals surface area contributed by atoms with Gasteiger partial charge in [-0.15, -0.1) is 0 Å². The van der Waals surface area contributed by atoms with E-state index in [1.807, 2.05) is 7.05 Å². The summed E-state index contributed by atoms with van der Waals surface area (Å²) in [6, 6.07) is 0.510. The van der Waals surface area contributed by atoms with Crippen LogP contribution in [0.3, 0.4) is 0 Å². The third kappa shape index (κ3) is 5.67. The lowest BCUT2D eigenvalue weighted by Gasteiger charge is -2.28. The minimum absolute atomic E-state index is 0.0397. The molecule has 1 aliphatic rings. The van der Waals surface area contributed by atoms with E-state index in [0.29, 0.717) is 6.04 Å². The van der Waals surface area contributed by atoms with E-state index < -0.39 is 12.8 Å². The van der Waals surface area contributed by atoms with Crippen LogP contribution in [0.15, 0.2) is 0 Å². The summed E-state index contributed by atoms with van der Waals surface area (Å²) >= 11 is 0. The van der Waals surface area contributed by atoms with Crippen LogP contribution < -0.4 is 5.32 Å². The Hall–Kier alpha value is -0.330. The van der Waals surface area contributed by atoms with Gasteiger partial charge >= 0.3 is 6.18 Å². The number of hydrogen-bond acceptors (Lipinski definition) is 3. The minimum atomic E-state index is -4.27. The third-order valence-corrected chi connectivity index (χ3v) is 2.74. The van der Waals surface area contributed by atoms with E-state index >= 15 is 0 Å². The maximum Gasteiger partial charge on any atom is 0.411 e. The highest BCUT2D eigenvalue weighted by Crippen LogP contribution is 2.21. The van der Waals surface area contributed by atoms with Crippen LogP contribution in [0, 0.1) is 0 Å². The van der Waals surface area contributed by atoms with E-state index in [1.54, 1.807) is 0 Å². The van der Waals surface area contributed by atoms with Crippen molar-refractivity contribution in [2.24, 2.45) is 0 Å². The molecule has 1 aliphatic carbocycles. The molecule has 0 aromatic heterocycles. The zero-order valence-corrected chi connectivity index (χ0v) is 9.35. The van der Waals surface area contributed by atoms with Crippen molar-refractivity contribution in [1.82, 2.24) is 5.32 Å². The molecule has 0 bridgehead atoms. The summed E-state index contributed by atoms with van der Waals surface area (Å²) in [5.41, 5.74) is 0. The first kappa shape index (κ1) is 13.7. The molecule has 1 N–H and O–H groups in total. The van der Waals surface area contributed by atoms with Gasteiger partial charge in [0.2, 0.25) is 0 Å². The Morgan fingerprint density at radius 1 is 1.19 bits per heavy atom. The molecule has 1 rings (SSSR count). The van der Waals surface area contributed by atoms with Crippen LogP contribution in [-0.2, 0) is 9.47 Å². The average Bonchev–Trinajstić information content (AvgIpc) is 2.24. The zero-order valence-electron chi connectivity index (χ0n) is 9.35. The predicted molar refractivity (Wildman–Crippen MR) is 53.1 cm³/mol. The van der Waals surface area contributed by atoms with E-state index in [9.17, 15) is 13.2 Å². The molecule has 3 nitrogen and oxygen atoms in total. The summed E-state index contributed by atoms with van der Waals surface area (Å²) in [4.78, 5) is 0. The lowest BCUT2D eigenvalue weighted by Crippen LogP contribution is -2.33. The van der Waals surface area contributed by atoms with Crippen LogP contribution in [0.4, 0.5) is 13.2 Å². The largest absolute Gasteiger partial charge is 0.411 e. The smallest absolute Gasteiger partial charge is 0.352 e. The molecule has 0 aromatic rings. The van der Waals surface area contributed by atoms with E-state index in [0.717, 1.165) is 25.7 Å². The molecule has 1 fully saturated rings. The van der Waals surface area contributed by atoms with Crippen LogP contribution in [-0.4, -0.2) is 38.8 Å². The second kappa shape index (κ2) is 6.42. The number of ether oxygens (including phenoxy) is 2. The number of rotatable bonds is 5. The second-order valence-electron chi connectivity index (χ2n) is 4.01. The molecule has 16 heavy (non-hydrogen) atoms. The minimum Gasteiger partial charge on any atom is -0.352 e. The van der Waals surface area contributed by atoms with Crippen LogP contribution in [0.25, 0.3) is 0 Å². The van der Waals surface area contributed by atoms with Gasteiger partial charge in [-0.3, -0.25) is 0 Å². The van der Waals surface area contributed by atoms with Crippen LogP contribution in [0.5, 0.6) is 0 Å². The van der Waals surface area contributed by atoms with Crippen molar-refractivity contribution >= 4 is 0 Å². The Morgan fingerprint density at radius 3 is 2.31 bits per heavy atom. The van der Waals surface area contributed by atoms with Gasteiger partial charge in [0, 0.05) is 6.04 Å². The van der Waals surface area contributed by atoms with Gasteiger partial charge in [-0.05, 0) is 32.7 Å². The predicted octanol–water partition coefficient (Wildman–Crippen LogP) is 2.07. The molecule has 0 unspecified atom stereocenters. The first-order valence-electron chi connectivity index (χ1n) is 5.44. The van der Waals surface area contributed by atoms with Crippen LogP contribution in [0.1, 0.15) is 25.7 Å². The van der Waals surface area contributed by atoms with Crippen molar-refractivity contribution < 1.29 is 22.6 Å². The molecule has 0 aliphatic heterocycles. The number of hydrogen-bond donors (Lipinski definition) is 1. The summed E-state index contributed by atoms with van der Waals surface area (Å²) in [6.07, 6.45) is -0.478. The zero-order chi connectivity index (χ0) is 12.0. The molecule has 0 saturated heterocycles. The maximum atomic E-state index is 11.7. The van der Waals surface area contributed by atoms with Crippen molar-refractivity contribution in [2.45, 2.75) is 44.0 Å². The summed E-state index contributed by atoms with van der Waals surface area (Å²) < 4.78 is 44.8. The van der Waals surface area contributed by atoms with Gasteiger partial charge in [0.25, 0.3) is 0 Å². The standard InChI is InChI=1S/C10H18F3NO2/c1-14-8-2-4-9(5-3-8)16-7-15-6-10(11,12)13/h8-9,14H,2-7H2,1H3. The molecular weight excluding hydrogens is 223 g/mol. The van der Waals surface area contributed by atoms with Crippen LogP contribution >= 0.6 is 0 Å². The topological polar surface area (TPSA) is 30.5 Å². The summed E-state index contributed by atoms with van der Waals surface area (Å²) in [7, 11) is 1.91. The monoisotopic (exact) mass is 241 g/mol.